The van der Waals surface area contributed by atoms with E-state index in [1.807, 2.05) is 60.7 Å². The lowest BCUT2D eigenvalue weighted by atomic mass is 10.0. The molecule has 1 atom stereocenters. The van der Waals surface area contributed by atoms with E-state index >= 15 is 0 Å². The monoisotopic (exact) mass is 448 g/mol. The summed E-state index contributed by atoms with van der Waals surface area (Å²) in [6.45, 7) is 0.463. The van der Waals surface area contributed by atoms with Crippen molar-refractivity contribution in [2.75, 3.05) is 13.2 Å². The lowest BCUT2D eigenvalue weighted by molar-refractivity contribution is -0.140. The third-order valence-electron chi connectivity index (χ3n) is 5.37. The minimum Gasteiger partial charge on any atom is -0.396 e. The molecular formula is C27H29FN2O3. The van der Waals surface area contributed by atoms with Gasteiger partial charge in [-0.15, -0.1) is 0 Å². The molecule has 172 valence electrons. The van der Waals surface area contributed by atoms with Crippen LogP contribution in [0.4, 0.5) is 4.39 Å². The number of amides is 2. The van der Waals surface area contributed by atoms with E-state index in [-0.39, 0.29) is 37.2 Å². The van der Waals surface area contributed by atoms with Crippen molar-refractivity contribution in [3.05, 3.63) is 107 Å². The second kappa shape index (κ2) is 12.5. The van der Waals surface area contributed by atoms with Crippen molar-refractivity contribution in [1.29, 1.82) is 0 Å². The second-order valence-electron chi connectivity index (χ2n) is 7.88. The van der Waals surface area contributed by atoms with Crippen molar-refractivity contribution in [3.8, 4) is 0 Å². The molecule has 3 aromatic rings. The van der Waals surface area contributed by atoms with Gasteiger partial charge in [-0.1, -0.05) is 72.8 Å². The molecule has 0 saturated heterocycles. The number of aliphatic hydroxyl groups excluding tert-OH is 1. The Bertz CT molecular complexity index is 1010. The fraction of sp³-hybridized carbons (Fsp3) is 0.259. The minimum atomic E-state index is -0.757. The van der Waals surface area contributed by atoms with Crippen LogP contribution in [-0.4, -0.2) is 41.0 Å². The van der Waals surface area contributed by atoms with Gasteiger partial charge in [-0.25, -0.2) is 4.39 Å². The summed E-state index contributed by atoms with van der Waals surface area (Å²) in [6, 6.07) is 24.1. The highest BCUT2D eigenvalue weighted by molar-refractivity contribution is 5.88. The quantitative estimate of drug-likeness (QED) is 0.441. The van der Waals surface area contributed by atoms with E-state index in [4.69, 9.17) is 5.11 Å². The van der Waals surface area contributed by atoms with Gasteiger partial charge in [0.15, 0.2) is 0 Å². The molecule has 33 heavy (non-hydrogen) atoms. The van der Waals surface area contributed by atoms with E-state index in [1.165, 1.54) is 12.1 Å². The predicted molar refractivity (Wildman–Crippen MR) is 126 cm³/mol. The standard InChI is InChI=1S/C27H29FN2O3/c28-24-14-12-23(13-15-24)20-30(26(32)19-22-10-5-2-6-11-22)25(27(33)29-16-7-17-31)18-21-8-3-1-4-9-21/h1-6,8-15,25,31H,7,16-20H2,(H,29,33)/t25-/m1/s1. The maximum atomic E-state index is 13.5. The zero-order chi connectivity index (χ0) is 23.5. The summed E-state index contributed by atoms with van der Waals surface area (Å²) >= 11 is 0. The Kier molecular flexibility index (Phi) is 9.15. The van der Waals surface area contributed by atoms with E-state index < -0.39 is 6.04 Å². The van der Waals surface area contributed by atoms with Gasteiger partial charge in [0, 0.05) is 26.1 Å². The van der Waals surface area contributed by atoms with Gasteiger partial charge in [-0.2, -0.15) is 0 Å². The van der Waals surface area contributed by atoms with Crippen molar-refractivity contribution < 1.29 is 19.1 Å². The SMILES string of the molecule is O=C(NCCCO)[C@@H](Cc1ccccc1)N(Cc1ccc(F)cc1)C(=O)Cc1ccccc1. The van der Waals surface area contributed by atoms with Crippen LogP contribution in [0.3, 0.4) is 0 Å². The Balaban J connectivity index is 1.91. The van der Waals surface area contributed by atoms with E-state index in [1.54, 1.807) is 17.0 Å². The Hall–Kier alpha value is -3.51. The number of nitrogens with zero attached hydrogens (tertiary/aromatic N) is 1. The number of nitrogens with one attached hydrogen (secondary N) is 1. The molecule has 0 aromatic heterocycles. The number of carbonyl (C=O) groups excluding carboxylic acids is 2. The summed E-state index contributed by atoms with van der Waals surface area (Å²) in [5.74, 6) is -0.830. The average molecular weight is 449 g/mol. The van der Waals surface area contributed by atoms with Crippen LogP contribution < -0.4 is 5.32 Å². The molecule has 0 spiro atoms. The molecule has 0 heterocycles. The number of hydrogen-bond acceptors (Lipinski definition) is 3. The van der Waals surface area contributed by atoms with Crippen molar-refractivity contribution in [3.63, 3.8) is 0 Å². The second-order valence-corrected chi connectivity index (χ2v) is 7.88. The molecule has 3 aromatic carbocycles. The molecule has 2 N–H and O–H groups in total. The largest absolute Gasteiger partial charge is 0.396 e. The Labute approximate surface area is 193 Å². The molecule has 0 aliphatic rings. The molecule has 6 heteroatoms. The molecule has 0 aliphatic heterocycles. The van der Waals surface area contributed by atoms with Gasteiger partial charge in [0.2, 0.25) is 11.8 Å². The van der Waals surface area contributed by atoms with Crippen molar-refractivity contribution >= 4 is 11.8 Å². The zero-order valence-corrected chi connectivity index (χ0v) is 18.5. The van der Waals surface area contributed by atoms with E-state index in [2.05, 4.69) is 5.32 Å². The molecular weight excluding hydrogens is 419 g/mol. The van der Waals surface area contributed by atoms with Gasteiger partial charge in [0.1, 0.15) is 11.9 Å². The van der Waals surface area contributed by atoms with Crippen LogP contribution in [0.25, 0.3) is 0 Å². The summed E-state index contributed by atoms with van der Waals surface area (Å²) in [7, 11) is 0. The fourth-order valence-corrected chi connectivity index (χ4v) is 3.62. The van der Waals surface area contributed by atoms with Crippen LogP contribution in [0.5, 0.6) is 0 Å². The van der Waals surface area contributed by atoms with Crippen LogP contribution in [-0.2, 0) is 29.0 Å². The third-order valence-corrected chi connectivity index (χ3v) is 5.37. The highest BCUT2D eigenvalue weighted by atomic mass is 19.1. The summed E-state index contributed by atoms with van der Waals surface area (Å²) in [5.41, 5.74) is 2.52. The van der Waals surface area contributed by atoms with Gasteiger partial charge in [0.25, 0.3) is 0 Å². The van der Waals surface area contributed by atoms with Gasteiger partial charge >= 0.3 is 0 Å². The topological polar surface area (TPSA) is 69.6 Å². The molecule has 0 radical (unpaired) electrons. The Morgan fingerprint density at radius 2 is 1.45 bits per heavy atom. The van der Waals surface area contributed by atoms with Crippen LogP contribution in [0, 0.1) is 5.82 Å². The lowest BCUT2D eigenvalue weighted by Gasteiger charge is -2.31. The number of carbonyl (C=O) groups is 2. The Morgan fingerprint density at radius 3 is 2.06 bits per heavy atom. The summed E-state index contributed by atoms with van der Waals surface area (Å²) in [4.78, 5) is 28.3. The number of aliphatic hydroxyl groups is 1. The van der Waals surface area contributed by atoms with Crippen molar-refractivity contribution in [2.24, 2.45) is 0 Å². The summed E-state index contributed by atoms with van der Waals surface area (Å²) < 4.78 is 13.5. The van der Waals surface area contributed by atoms with E-state index in [9.17, 15) is 14.0 Å². The van der Waals surface area contributed by atoms with E-state index in [0.29, 0.717) is 19.4 Å². The molecule has 0 saturated carbocycles. The smallest absolute Gasteiger partial charge is 0.243 e. The van der Waals surface area contributed by atoms with Gasteiger partial charge in [-0.3, -0.25) is 9.59 Å². The molecule has 0 aliphatic carbocycles. The number of rotatable bonds is 11. The van der Waals surface area contributed by atoms with Crippen LogP contribution in [0.1, 0.15) is 23.1 Å². The summed E-state index contributed by atoms with van der Waals surface area (Å²) in [5, 5.41) is 11.9. The van der Waals surface area contributed by atoms with Gasteiger partial charge in [-0.05, 0) is 35.2 Å². The van der Waals surface area contributed by atoms with Crippen LogP contribution >= 0.6 is 0 Å². The van der Waals surface area contributed by atoms with E-state index in [0.717, 1.165) is 16.7 Å². The van der Waals surface area contributed by atoms with Crippen molar-refractivity contribution in [2.45, 2.75) is 31.8 Å². The first-order valence-electron chi connectivity index (χ1n) is 11.1. The first-order chi connectivity index (χ1) is 16.1. The van der Waals surface area contributed by atoms with Gasteiger partial charge < -0.3 is 15.3 Å². The first-order valence-corrected chi connectivity index (χ1v) is 11.1. The number of halogens is 1. The molecule has 2 amide bonds. The zero-order valence-electron chi connectivity index (χ0n) is 18.5. The lowest BCUT2D eigenvalue weighted by Crippen LogP contribution is -2.51. The third kappa shape index (κ3) is 7.54. The maximum absolute atomic E-state index is 13.5. The molecule has 0 fully saturated rings. The van der Waals surface area contributed by atoms with Crippen LogP contribution in [0.2, 0.25) is 0 Å². The molecule has 3 rings (SSSR count). The van der Waals surface area contributed by atoms with Crippen molar-refractivity contribution in [1.82, 2.24) is 10.2 Å². The highest BCUT2D eigenvalue weighted by Crippen LogP contribution is 2.17. The molecule has 0 unspecified atom stereocenters. The maximum Gasteiger partial charge on any atom is 0.243 e. The fourth-order valence-electron chi connectivity index (χ4n) is 3.62. The highest BCUT2D eigenvalue weighted by Gasteiger charge is 2.30. The number of hydrogen-bond donors (Lipinski definition) is 2. The first kappa shape index (κ1) is 24.1. The molecule has 0 bridgehead atoms. The number of benzene rings is 3. The molecule has 5 nitrogen and oxygen atoms in total. The predicted octanol–water partition coefficient (Wildman–Crippen LogP) is 3.51. The average Bonchev–Trinajstić information content (AvgIpc) is 2.84. The van der Waals surface area contributed by atoms with Crippen LogP contribution in [0.15, 0.2) is 84.9 Å². The normalized spacial score (nSPS) is 11.6. The summed E-state index contributed by atoms with van der Waals surface area (Å²) in [6.07, 6.45) is 0.921. The minimum absolute atomic E-state index is 0.0319. The Morgan fingerprint density at radius 1 is 0.848 bits per heavy atom. The van der Waals surface area contributed by atoms with Gasteiger partial charge in [0.05, 0.1) is 6.42 Å².